The lowest BCUT2D eigenvalue weighted by Crippen LogP contribution is -2.16. The zero-order valence-electron chi connectivity index (χ0n) is 16.8. The molecular weight excluding hydrogens is 378 g/mol. The molecular formula is C24H21N3O3. The molecule has 150 valence electrons. The highest BCUT2D eigenvalue weighted by Gasteiger charge is 2.10. The maximum absolute atomic E-state index is 12.6. The van der Waals surface area contributed by atoms with Gasteiger partial charge in [0, 0.05) is 29.6 Å². The number of benzene rings is 2. The number of aromatic nitrogens is 2. The normalized spacial score (nSPS) is 10.7. The van der Waals surface area contributed by atoms with Gasteiger partial charge in [-0.05, 0) is 49.2 Å². The quantitative estimate of drug-likeness (QED) is 0.547. The number of rotatable bonds is 5. The van der Waals surface area contributed by atoms with E-state index in [1.807, 2.05) is 50.2 Å². The predicted molar refractivity (Wildman–Crippen MR) is 116 cm³/mol. The van der Waals surface area contributed by atoms with Gasteiger partial charge in [-0.15, -0.1) is 0 Å². The molecule has 6 nitrogen and oxygen atoms in total. The van der Waals surface area contributed by atoms with E-state index in [4.69, 9.17) is 4.74 Å². The first-order valence-corrected chi connectivity index (χ1v) is 9.59. The SMILES string of the molecule is Cc1ccc(NC(=O)c2ccccc2C)cc1OCc1cc(=O)n2ccccc2n1. The van der Waals surface area contributed by atoms with Crippen molar-refractivity contribution in [2.45, 2.75) is 20.5 Å². The van der Waals surface area contributed by atoms with Gasteiger partial charge >= 0.3 is 0 Å². The number of nitrogens with zero attached hydrogens (tertiary/aromatic N) is 2. The third-order valence-corrected chi connectivity index (χ3v) is 4.84. The number of nitrogens with one attached hydrogen (secondary N) is 1. The van der Waals surface area contributed by atoms with Gasteiger partial charge in [-0.2, -0.15) is 0 Å². The van der Waals surface area contributed by atoms with E-state index in [9.17, 15) is 9.59 Å². The van der Waals surface area contributed by atoms with E-state index in [2.05, 4.69) is 10.3 Å². The fourth-order valence-corrected chi connectivity index (χ4v) is 3.19. The van der Waals surface area contributed by atoms with Gasteiger partial charge < -0.3 is 10.1 Å². The van der Waals surface area contributed by atoms with Crippen LogP contribution in [-0.2, 0) is 6.61 Å². The molecule has 0 aliphatic heterocycles. The zero-order valence-corrected chi connectivity index (χ0v) is 16.8. The molecule has 0 bridgehead atoms. The van der Waals surface area contributed by atoms with E-state index >= 15 is 0 Å². The summed E-state index contributed by atoms with van der Waals surface area (Å²) in [6.45, 7) is 3.97. The Labute approximate surface area is 173 Å². The molecule has 0 spiro atoms. The molecule has 4 rings (SSSR count). The van der Waals surface area contributed by atoms with Crippen LogP contribution in [-0.4, -0.2) is 15.3 Å². The molecule has 1 N–H and O–H groups in total. The first-order chi connectivity index (χ1) is 14.5. The zero-order chi connectivity index (χ0) is 21.1. The minimum Gasteiger partial charge on any atom is -0.487 e. The van der Waals surface area contributed by atoms with Gasteiger partial charge in [0.1, 0.15) is 18.0 Å². The molecule has 0 atom stereocenters. The van der Waals surface area contributed by atoms with Gasteiger partial charge in [0.25, 0.3) is 11.5 Å². The van der Waals surface area contributed by atoms with Crippen molar-refractivity contribution in [2.75, 3.05) is 5.32 Å². The minimum atomic E-state index is -0.174. The van der Waals surface area contributed by atoms with Crippen LogP contribution in [0.3, 0.4) is 0 Å². The van der Waals surface area contributed by atoms with Crippen molar-refractivity contribution < 1.29 is 9.53 Å². The molecule has 2 aromatic carbocycles. The number of pyridine rings is 1. The Morgan fingerprint density at radius 2 is 1.80 bits per heavy atom. The Bertz CT molecular complexity index is 1290. The number of fused-ring (bicyclic) bond motifs is 1. The summed E-state index contributed by atoms with van der Waals surface area (Å²) in [5.41, 5.74) is 4.04. The number of hydrogen-bond acceptors (Lipinski definition) is 4. The third-order valence-electron chi connectivity index (χ3n) is 4.84. The second-order valence-corrected chi connectivity index (χ2v) is 7.05. The standard InChI is InChI=1S/C24H21N3O3/c1-16-7-3-4-8-20(16)24(29)26-18-11-10-17(2)21(13-18)30-15-19-14-23(28)27-12-6-5-9-22(27)25-19/h3-14H,15H2,1-2H3,(H,26,29). The number of aryl methyl sites for hydroxylation is 2. The number of carbonyl (C=O) groups excluding carboxylic acids is 1. The average Bonchev–Trinajstić information content (AvgIpc) is 2.74. The molecule has 0 fully saturated rings. The van der Waals surface area contributed by atoms with Crippen molar-refractivity contribution in [3.63, 3.8) is 0 Å². The first kappa shape index (κ1) is 19.4. The van der Waals surface area contributed by atoms with Crippen LogP contribution < -0.4 is 15.6 Å². The average molecular weight is 399 g/mol. The van der Waals surface area contributed by atoms with Gasteiger partial charge in [-0.3, -0.25) is 14.0 Å². The smallest absolute Gasteiger partial charge is 0.258 e. The second-order valence-electron chi connectivity index (χ2n) is 7.05. The fourth-order valence-electron chi connectivity index (χ4n) is 3.19. The lowest BCUT2D eigenvalue weighted by Gasteiger charge is -2.12. The van der Waals surface area contributed by atoms with E-state index < -0.39 is 0 Å². The molecule has 0 aliphatic rings. The van der Waals surface area contributed by atoms with Crippen molar-refractivity contribution in [1.82, 2.24) is 9.38 Å². The van der Waals surface area contributed by atoms with Gasteiger partial charge in [-0.1, -0.05) is 30.3 Å². The van der Waals surface area contributed by atoms with Crippen molar-refractivity contribution in [2.24, 2.45) is 0 Å². The summed E-state index contributed by atoms with van der Waals surface area (Å²) in [5.74, 6) is 0.444. The molecule has 0 radical (unpaired) electrons. The summed E-state index contributed by atoms with van der Waals surface area (Å²) >= 11 is 0. The number of anilines is 1. The molecule has 0 aliphatic carbocycles. The molecule has 6 heteroatoms. The number of hydrogen-bond donors (Lipinski definition) is 1. The highest BCUT2D eigenvalue weighted by atomic mass is 16.5. The first-order valence-electron chi connectivity index (χ1n) is 9.59. The van der Waals surface area contributed by atoms with Gasteiger partial charge in [0.05, 0.1) is 5.69 Å². The van der Waals surface area contributed by atoms with Crippen molar-refractivity contribution in [1.29, 1.82) is 0 Å². The highest BCUT2D eigenvalue weighted by molar-refractivity contribution is 6.05. The Balaban J connectivity index is 1.52. The van der Waals surface area contributed by atoms with Crippen molar-refractivity contribution in [3.05, 3.63) is 106 Å². The highest BCUT2D eigenvalue weighted by Crippen LogP contribution is 2.24. The largest absolute Gasteiger partial charge is 0.487 e. The molecule has 2 aromatic heterocycles. The fraction of sp³-hybridized carbons (Fsp3) is 0.125. The monoisotopic (exact) mass is 399 g/mol. The van der Waals surface area contributed by atoms with Gasteiger partial charge in [0.15, 0.2) is 0 Å². The van der Waals surface area contributed by atoms with Crippen molar-refractivity contribution in [3.8, 4) is 5.75 Å². The van der Waals surface area contributed by atoms with Crippen LogP contribution in [0.5, 0.6) is 5.75 Å². The molecule has 1 amide bonds. The lowest BCUT2D eigenvalue weighted by atomic mass is 10.1. The second kappa shape index (κ2) is 8.21. The van der Waals surface area contributed by atoms with Crippen LogP contribution in [0, 0.1) is 13.8 Å². The topological polar surface area (TPSA) is 72.7 Å². The van der Waals surface area contributed by atoms with E-state index in [-0.39, 0.29) is 18.1 Å². The number of amides is 1. The maximum Gasteiger partial charge on any atom is 0.258 e. The summed E-state index contributed by atoms with van der Waals surface area (Å²) in [6, 6.07) is 19.8. The number of ether oxygens (including phenoxy) is 1. The predicted octanol–water partition coefficient (Wildman–Crippen LogP) is 4.14. The third kappa shape index (κ3) is 4.07. The van der Waals surface area contributed by atoms with Gasteiger partial charge in [-0.25, -0.2) is 4.98 Å². The van der Waals surface area contributed by atoms with Gasteiger partial charge in [0.2, 0.25) is 0 Å². The Morgan fingerprint density at radius 3 is 2.63 bits per heavy atom. The number of carbonyl (C=O) groups is 1. The summed E-state index contributed by atoms with van der Waals surface area (Å²) in [6.07, 6.45) is 1.68. The van der Waals surface area contributed by atoms with Crippen LogP contribution in [0.4, 0.5) is 5.69 Å². The van der Waals surface area contributed by atoms with Crippen LogP contribution >= 0.6 is 0 Å². The minimum absolute atomic E-state index is 0.149. The Hall–Kier alpha value is -3.93. The summed E-state index contributed by atoms with van der Waals surface area (Å²) in [5, 5.41) is 2.91. The van der Waals surface area contributed by atoms with Crippen LogP contribution in [0.25, 0.3) is 5.65 Å². The lowest BCUT2D eigenvalue weighted by molar-refractivity contribution is 0.102. The van der Waals surface area contributed by atoms with E-state index in [1.165, 1.54) is 10.5 Å². The van der Waals surface area contributed by atoms with E-state index in [0.29, 0.717) is 28.3 Å². The molecule has 0 unspecified atom stereocenters. The molecule has 2 heterocycles. The van der Waals surface area contributed by atoms with E-state index in [0.717, 1.165) is 11.1 Å². The molecule has 4 aromatic rings. The van der Waals surface area contributed by atoms with E-state index in [1.54, 1.807) is 30.5 Å². The van der Waals surface area contributed by atoms with Crippen LogP contribution in [0.2, 0.25) is 0 Å². The maximum atomic E-state index is 12.6. The molecule has 0 saturated heterocycles. The summed E-state index contributed by atoms with van der Waals surface area (Å²) in [7, 11) is 0. The Morgan fingerprint density at radius 1 is 1.00 bits per heavy atom. The van der Waals surface area contributed by atoms with Crippen LogP contribution in [0.1, 0.15) is 27.2 Å². The summed E-state index contributed by atoms with van der Waals surface area (Å²) < 4.78 is 7.40. The summed E-state index contributed by atoms with van der Waals surface area (Å²) in [4.78, 5) is 29.3. The van der Waals surface area contributed by atoms with Crippen molar-refractivity contribution >= 4 is 17.2 Å². The Kier molecular flexibility index (Phi) is 5.30. The van der Waals surface area contributed by atoms with Crippen LogP contribution in [0.15, 0.2) is 77.7 Å². The molecule has 30 heavy (non-hydrogen) atoms. The molecule has 0 saturated carbocycles.